The average Bonchev–Trinajstić information content (AvgIpc) is 2.58. The Hall–Kier alpha value is -2.42. The van der Waals surface area contributed by atoms with Gasteiger partial charge in [-0.05, 0) is 45.7 Å². The number of rotatable bonds is 9. The first-order chi connectivity index (χ1) is 12.9. The molecule has 0 aliphatic carbocycles. The quantitative estimate of drug-likeness (QED) is 0.394. The first kappa shape index (κ1) is 25.6. The number of ether oxygens (including phenoxy) is 1. The highest BCUT2D eigenvalue weighted by Crippen LogP contribution is 2.20. The van der Waals surface area contributed by atoms with Gasteiger partial charge in [0.25, 0.3) is 0 Å². The molecule has 0 aliphatic heterocycles. The number of benzene rings is 1. The maximum atomic E-state index is 9.91. The zero-order valence-electron chi connectivity index (χ0n) is 16.8. The summed E-state index contributed by atoms with van der Waals surface area (Å²) in [6, 6.07) is 5.87. The molecule has 5 N–H and O–H groups in total. The van der Waals surface area contributed by atoms with Crippen LogP contribution >= 0.6 is 0 Å². The average molecular weight is 397 g/mol. The Bertz CT molecular complexity index is 634. The van der Waals surface area contributed by atoms with Crippen molar-refractivity contribution in [3.8, 4) is 5.75 Å². The van der Waals surface area contributed by atoms with Gasteiger partial charge in [0, 0.05) is 30.8 Å². The molecule has 0 heterocycles. The van der Waals surface area contributed by atoms with Gasteiger partial charge in [-0.3, -0.25) is 0 Å². The molecule has 0 saturated heterocycles. The summed E-state index contributed by atoms with van der Waals surface area (Å²) in [6.45, 7) is 9.00. The highest BCUT2D eigenvalue weighted by atomic mass is 16.5. The van der Waals surface area contributed by atoms with E-state index in [1.807, 2.05) is 25.1 Å². The molecule has 158 valence electrons. The maximum absolute atomic E-state index is 9.91. The highest BCUT2D eigenvalue weighted by Gasteiger charge is 2.13. The molecule has 0 aromatic heterocycles. The Balaban J connectivity index is 0.000000769. The van der Waals surface area contributed by atoms with Gasteiger partial charge in [0.05, 0.1) is 0 Å². The maximum Gasteiger partial charge on any atom is 0.328 e. The van der Waals surface area contributed by atoms with Crippen LogP contribution in [0.4, 0.5) is 0 Å². The van der Waals surface area contributed by atoms with E-state index in [2.05, 4.69) is 26.1 Å². The van der Waals surface area contributed by atoms with Crippen LogP contribution in [0.5, 0.6) is 5.75 Å². The van der Waals surface area contributed by atoms with Gasteiger partial charge >= 0.3 is 11.9 Å². The molecule has 0 amide bonds. The molecule has 8 heteroatoms. The molecule has 1 rings (SSSR count). The third-order valence-corrected chi connectivity index (χ3v) is 3.26. The van der Waals surface area contributed by atoms with Crippen molar-refractivity contribution in [3.05, 3.63) is 41.5 Å². The fourth-order valence-corrected chi connectivity index (χ4v) is 1.98. The minimum absolute atomic E-state index is 0.0209. The number of β-amino-alcohol motifs (C(OH)–C–C–N with tert-alkyl or cyclic N) is 1. The lowest BCUT2D eigenvalue weighted by Gasteiger charge is -2.23. The fourth-order valence-electron chi connectivity index (χ4n) is 1.98. The van der Waals surface area contributed by atoms with Crippen molar-refractivity contribution in [2.75, 3.05) is 19.8 Å². The normalized spacial score (nSPS) is 12.2. The molecule has 1 aromatic carbocycles. The third-order valence-electron chi connectivity index (χ3n) is 3.26. The van der Waals surface area contributed by atoms with Crippen LogP contribution in [0.25, 0.3) is 0 Å². The van der Waals surface area contributed by atoms with Crippen molar-refractivity contribution < 1.29 is 34.8 Å². The summed E-state index contributed by atoms with van der Waals surface area (Å²) in [5.41, 5.74) is 2.09. The summed E-state index contributed by atoms with van der Waals surface area (Å²) >= 11 is 0. The van der Waals surface area contributed by atoms with Crippen molar-refractivity contribution in [2.24, 2.45) is 0 Å². The van der Waals surface area contributed by atoms with E-state index in [1.165, 1.54) is 0 Å². The Morgan fingerprint density at radius 3 is 2.21 bits per heavy atom. The van der Waals surface area contributed by atoms with Gasteiger partial charge in [-0.15, -0.1) is 0 Å². The molecule has 0 aliphatic rings. The number of hydrogen-bond acceptors (Lipinski definition) is 6. The summed E-state index contributed by atoms with van der Waals surface area (Å²) in [5, 5.41) is 37.8. The van der Waals surface area contributed by atoms with Crippen LogP contribution in [0.3, 0.4) is 0 Å². The van der Waals surface area contributed by atoms with Crippen LogP contribution in [0.2, 0.25) is 0 Å². The van der Waals surface area contributed by atoms with Gasteiger partial charge in [0.1, 0.15) is 18.5 Å². The van der Waals surface area contributed by atoms with E-state index in [4.69, 9.17) is 20.1 Å². The highest BCUT2D eigenvalue weighted by molar-refractivity contribution is 5.89. The zero-order valence-corrected chi connectivity index (χ0v) is 16.8. The van der Waals surface area contributed by atoms with E-state index in [-0.39, 0.29) is 18.8 Å². The molecule has 1 aromatic rings. The Morgan fingerprint density at radius 1 is 1.18 bits per heavy atom. The molecule has 0 saturated carbocycles. The van der Waals surface area contributed by atoms with Crippen molar-refractivity contribution in [3.63, 3.8) is 0 Å². The van der Waals surface area contributed by atoms with Crippen molar-refractivity contribution in [1.29, 1.82) is 0 Å². The molecule has 0 radical (unpaired) electrons. The van der Waals surface area contributed by atoms with Crippen LogP contribution in [0, 0.1) is 6.92 Å². The van der Waals surface area contributed by atoms with Crippen molar-refractivity contribution >= 4 is 11.9 Å². The second-order valence-electron chi connectivity index (χ2n) is 7.19. The molecular formula is C20H31NO7. The summed E-state index contributed by atoms with van der Waals surface area (Å²) in [6.07, 6.45) is 1.12. The topological polar surface area (TPSA) is 136 Å². The Morgan fingerprint density at radius 2 is 1.75 bits per heavy atom. The van der Waals surface area contributed by atoms with Gasteiger partial charge in [-0.1, -0.05) is 17.7 Å². The SMILES string of the molecule is Cc1ccc(OCC(O)CNC(C)(C)C)c(CCO)c1.O=C(O)C=CC(=O)O. The minimum Gasteiger partial charge on any atom is -0.491 e. The molecule has 1 unspecified atom stereocenters. The van der Waals surface area contributed by atoms with Crippen molar-refractivity contribution in [1.82, 2.24) is 5.32 Å². The zero-order chi connectivity index (χ0) is 21.7. The third kappa shape index (κ3) is 13.7. The number of carboxylic acids is 2. The second kappa shape index (κ2) is 12.9. The number of nitrogens with one attached hydrogen (secondary N) is 1. The number of hydrogen-bond donors (Lipinski definition) is 5. The Kier molecular flexibility index (Phi) is 11.8. The summed E-state index contributed by atoms with van der Waals surface area (Å²) in [4.78, 5) is 19.1. The first-order valence-electron chi connectivity index (χ1n) is 8.85. The largest absolute Gasteiger partial charge is 0.491 e. The lowest BCUT2D eigenvalue weighted by molar-refractivity contribution is -0.134. The molecule has 1 atom stereocenters. The van der Waals surface area contributed by atoms with Crippen LogP contribution in [-0.4, -0.2) is 63.8 Å². The summed E-state index contributed by atoms with van der Waals surface area (Å²) < 4.78 is 5.67. The number of aryl methyl sites for hydroxylation is 1. The molecule has 0 bridgehead atoms. The number of aliphatic carboxylic acids is 2. The smallest absolute Gasteiger partial charge is 0.328 e. The van der Waals surface area contributed by atoms with Gasteiger partial charge in [0.2, 0.25) is 0 Å². The van der Waals surface area contributed by atoms with Crippen LogP contribution in [-0.2, 0) is 16.0 Å². The standard InChI is InChI=1S/C16H27NO3.C4H4O4/c1-12-5-6-15(13(9-12)7-8-18)20-11-14(19)10-17-16(2,3)4;5-3(6)1-2-4(7)8/h5-6,9,14,17-19H,7-8,10-11H2,1-4H3;1-2H,(H,5,6)(H,7,8). The molecule has 0 fully saturated rings. The first-order valence-corrected chi connectivity index (χ1v) is 8.85. The van der Waals surface area contributed by atoms with Gasteiger partial charge in [-0.2, -0.15) is 0 Å². The van der Waals surface area contributed by atoms with Crippen LogP contribution in [0.1, 0.15) is 31.9 Å². The molecule has 28 heavy (non-hydrogen) atoms. The van der Waals surface area contributed by atoms with E-state index < -0.39 is 18.0 Å². The van der Waals surface area contributed by atoms with E-state index in [1.54, 1.807) is 0 Å². The summed E-state index contributed by atoms with van der Waals surface area (Å²) in [5.74, 6) is -1.78. The fraction of sp³-hybridized carbons (Fsp3) is 0.500. The Labute approximate surface area is 165 Å². The van der Waals surface area contributed by atoms with E-state index >= 15 is 0 Å². The van der Waals surface area contributed by atoms with Gasteiger partial charge < -0.3 is 30.5 Å². The minimum atomic E-state index is -1.26. The monoisotopic (exact) mass is 397 g/mol. The molecule has 0 spiro atoms. The number of carboxylic acid groups (broad SMARTS) is 2. The lowest BCUT2D eigenvalue weighted by Crippen LogP contribution is -2.42. The van der Waals surface area contributed by atoms with Crippen LogP contribution in [0.15, 0.2) is 30.4 Å². The van der Waals surface area contributed by atoms with E-state index in [0.717, 1.165) is 16.9 Å². The van der Waals surface area contributed by atoms with Crippen molar-refractivity contribution in [2.45, 2.75) is 45.8 Å². The van der Waals surface area contributed by atoms with E-state index in [0.29, 0.717) is 25.1 Å². The summed E-state index contributed by atoms with van der Waals surface area (Å²) in [7, 11) is 0. The van der Waals surface area contributed by atoms with E-state index in [9.17, 15) is 14.7 Å². The number of carbonyl (C=O) groups is 2. The number of aliphatic hydroxyl groups excluding tert-OH is 2. The predicted octanol–water partition coefficient (Wildman–Crippen LogP) is 1.37. The molecular weight excluding hydrogens is 366 g/mol. The molecule has 8 nitrogen and oxygen atoms in total. The van der Waals surface area contributed by atoms with Gasteiger partial charge in [-0.25, -0.2) is 9.59 Å². The lowest BCUT2D eigenvalue weighted by atomic mass is 10.1. The predicted molar refractivity (Wildman–Crippen MR) is 106 cm³/mol. The van der Waals surface area contributed by atoms with Gasteiger partial charge in [0.15, 0.2) is 0 Å². The number of aliphatic hydroxyl groups is 2. The second-order valence-corrected chi connectivity index (χ2v) is 7.19. The van der Waals surface area contributed by atoms with Crippen LogP contribution < -0.4 is 10.1 Å².